The fourth-order valence-electron chi connectivity index (χ4n) is 0.529. The van der Waals surface area contributed by atoms with E-state index in [1.165, 1.54) is 0 Å². The molecule has 0 unspecified atom stereocenters. The van der Waals surface area contributed by atoms with E-state index >= 15 is 0 Å². The topological polar surface area (TPSA) is 38.0 Å². The highest BCUT2D eigenvalue weighted by molar-refractivity contribution is 4.99. The summed E-state index contributed by atoms with van der Waals surface area (Å²) >= 11 is 0. The molecule has 62 valence electrons. The fourth-order valence-corrected chi connectivity index (χ4v) is 0.529. The van der Waals surface area contributed by atoms with Crippen LogP contribution in [0.2, 0.25) is 0 Å². The zero-order chi connectivity index (χ0) is 8.36. The highest BCUT2D eigenvalue weighted by Crippen LogP contribution is 1.79. The van der Waals surface area contributed by atoms with Crippen LogP contribution in [0.4, 0.5) is 0 Å². The molecule has 0 aliphatic rings. The third-order valence-electron chi connectivity index (χ3n) is 1.06. The largest absolute Gasteiger partial charge is 0.318 e. The fraction of sp³-hybridized carbons (Fsp3) is 0.333. The van der Waals surface area contributed by atoms with Gasteiger partial charge in [0.15, 0.2) is 0 Å². The normalized spacial score (nSPS) is 8.18. The summed E-state index contributed by atoms with van der Waals surface area (Å²) in [5.74, 6) is 0. The van der Waals surface area contributed by atoms with Crippen molar-refractivity contribution in [1.29, 1.82) is 0 Å². The first-order valence-corrected chi connectivity index (χ1v) is 3.82. The Kier molecular flexibility index (Phi) is 8.43. The highest BCUT2D eigenvalue weighted by Gasteiger charge is 1.62. The highest BCUT2D eigenvalue weighted by atomic mass is 14.9. The minimum atomic E-state index is 0.594. The van der Waals surface area contributed by atoms with Crippen LogP contribution in [0.1, 0.15) is 6.92 Å². The van der Waals surface area contributed by atoms with Crippen molar-refractivity contribution in [3.63, 3.8) is 0 Å². The second-order valence-electron chi connectivity index (χ2n) is 1.96. The van der Waals surface area contributed by atoms with Crippen LogP contribution in [0.15, 0.2) is 36.4 Å². The van der Waals surface area contributed by atoms with Gasteiger partial charge in [-0.25, -0.2) is 0 Å². The molecule has 2 nitrogen and oxygen atoms in total. The molecule has 11 heavy (non-hydrogen) atoms. The first-order chi connectivity index (χ1) is 5.41. The van der Waals surface area contributed by atoms with Gasteiger partial charge in [0.05, 0.1) is 0 Å². The van der Waals surface area contributed by atoms with E-state index in [2.05, 4.69) is 5.32 Å². The first kappa shape index (κ1) is 10.1. The molecule has 0 saturated heterocycles. The van der Waals surface area contributed by atoms with Crippen molar-refractivity contribution in [2.45, 2.75) is 6.92 Å². The summed E-state index contributed by atoms with van der Waals surface area (Å²) in [5, 5.41) is 2.89. The molecule has 1 rings (SSSR count). The lowest BCUT2D eigenvalue weighted by molar-refractivity contribution is 0.742. The summed E-state index contributed by atoms with van der Waals surface area (Å²) in [4.78, 5) is 0. The SMILES string of the molecule is CCNCN.c1ccccc1. The Morgan fingerprint density at radius 3 is 1.45 bits per heavy atom. The monoisotopic (exact) mass is 152 g/mol. The van der Waals surface area contributed by atoms with Gasteiger partial charge >= 0.3 is 0 Å². The maximum absolute atomic E-state index is 5.03. The summed E-state index contributed by atoms with van der Waals surface area (Å²) in [6.45, 7) is 3.58. The van der Waals surface area contributed by atoms with Crippen molar-refractivity contribution >= 4 is 0 Å². The lowest BCUT2D eigenvalue weighted by Gasteiger charge is -1.86. The second-order valence-corrected chi connectivity index (χ2v) is 1.96. The molecule has 0 heterocycles. The van der Waals surface area contributed by atoms with Gasteiger partial charge in [0.2, 0.25) is 0 Å². The molecule has 0 spiro atoms. The van der Waals surface area contributed by atoms with Gasteiger partial charge in [-0.05, 0) is 6.54 Å². The van der Waals surface area contributed by atoms with E-state index in [4.69, 9.17) is 5.73 Å². The Morgan fingerprint density at radius 2 is 1.36 bits per heavy atom. The zero-order valence-electron chi connectivity index (χ0n) is 6.96. The maximum Gasteiger partial charge on any atom is 0.0428 e. The van der Waals surface area contributed by atoms with E-state index in [0.717, 1.165) is 6.54 Å². The molecule has 0 amide bonds. The molecule has 0 saturated carbocycles. The Labute approximate surface area is 68.4 Å². The third-order valence-corrected chi connectivity index (χ3v) is 1.06. The van der Waals surface area contributed by atoms with Gasteiger partial charge in [-0.15, -0.1) is 0 Å². The summed E-state index contributed by atoms with van der Waals surface area (Å²) in [6.07, 6.45) is 0. The standard InChI is InChI=1S/C6H6.C3H10N2/c1-2-4-6-5-3-1;1-2-5-3-4/h1-6H;5H,2-4H2,1H3. The van der Waals surface area contributed by atoms with E-state index in [1.807, 2.05) is 43.3 Å². The molecule has 3 N–H and O–H groups in total. The molecule has 0 atom stereocenters. The van der Waals surface area contributed by atoms with Crippen molar-refractivity contribution in [2.24, 2.45) is 5.73 Å². The van der Waals surface area contributed by atoms with Crippen LogP contribution in [-0.4, -0.2) is 13.2 Å². The van der Waals surface area contributed by atoms with E-state index in [1.54, 1.807) is 0 Å². The van der Waals surface area contributed by atoms with E-state index in [9.17, 15) is 0 Å². The van der Waals surface area contributed by atoms with Crippen molar-refractivity contribution in [1.82, 2.24) is 5.32 Å². The van der Waals surface area contributed by atoms with E-state index < -0.39 is 0 Å². The van der Waals surface area contributed by atoms with Crippen LogP contribution < -0.4 is 11.1 Å². The van der Waals surface area contributed by atoms with E-state index in [0.29, 0.717) is 6.67 Å². The molecule has 1 aromatic carbocycles. The molecule has 0 aromatic heterocycles. The number of nitrogens with two attached hydrogens (primary N) is 1. The predicted octanol–water partition coefficient (Wildman–Crippen LogP) is 1.20. The molecule has 0 radical (unpaired) electrons. The Bertz CT molecular complexity index is 111. The van der Waals surface area contributed by atoms with Gasteiger partial charge in [0.25, 0.3) is 0 Å². The smallest absolute Gasteiger partial charge is 0.0428 e. The van der Waals surface area contributed by atoms with Gasteiger partial charge < -0.3 is 11.1 Å². The molecule has 0 bridgehead atoms. The minimum Gasteiger partial charge on any atom is -0.318 e. The summed E-state index contributed by atoms with van der Waals surface area (Å²) in [6, 6.07) is 12.0. The number of hydrogen-bond acceptors (Lipinski definition) is 2. The van der Waals surface area contributed by atoms with Crippen LogP contribution in [0.25, 0.3) is 0 Å². The van der Waals surface area contributed by atoms with Crippen LogP contribution in [0.5, 0.6) is 0 Å². The Hall–Kier alpha value is -0.860. The lowest BCUT2D eigenvalue weighted by atomic mass is 10.4. The summed E-state index contributed by atoms with van der Waals surface area (Å²) < 4.78 is 0. The van der Waals surface area contributed by atoms with E-state index in [-0.39, 0.29) is 0 Å². The number of rotatable bonds is 2. The third kappa shape index (κ3) is 9.14. The second kappa shape index (κ2) is 9.14. The van der Waals surface area contributed by atoms with Crippen LogP contribution >= 0.6 is 0 Å². The molecule has 2 heteroatoms. The van der Waals surface area contributed by atoms with Crippen LogP contribution in [0.3, 0.4) is 0 Å². The van der Waals surface area contributed by atoms with Crippen molar-refractivity contribution in [2.75, 3.05) is 13.2 Å². The zero-order valence-corrected chi connectivity index (χ0v) is 6.96. The average Bonchev–Trinajstić information content (AvgIpc) is 2.10. The number of hydrogen-bond donors (Lipinski definition) is 2. The Balaban J connectivity index is 0.000000187. The molecule has 1 aromatic rings. The maximum atomic E-state index is 5.03. The van der Waals surface area contributed by atoms with Crippen molar-refractivity contribution < 1.29 is 0 Å². The summed E-state index contributed by atoms with van der Waals surface area (Å²) in [5.41, 5.74) is 5.03. The lowest BCUT2D eigenvalue weighted by Crippen LogP contribution is -2.21. The van der Waals surface area contributed by atoms with Gasteiger partial charge in [-0.1, -0.05) is 43.3 Å². The summed E-state index contributed by atoms with van der Waals surface area (Å²) in [7, 11) is 0. The Morgan fingerprint density at radius 1 is 1.00 bits per heavy atom. The molecule has 0 aliphatic heterocycles. The number of benzene rings is 1. The van der Waals surface area contributed by atoms with Gasteiger partial charge in [0, 0.05) is 6.67 Å². The van der Waals surface area contributed by atoms with Gasteiger partial charge in [0.1, 0.15) is 0 Å². The quantitative estimate of drug-likeness (QED) is 0.625. The molecule has 0 aliphatic carbocycles. The van der Waals surface area contributed by atoms with Crippen LogP contribution in [0, 0.1) is 0 Å². The van der Waals surface area contributed by atoms with Gasteiger partial charge in [-0.2, -0.15) is 0 Å². The van der Waals surface area contributed by atoms with Crippen molar-refractivity contribution in [3.8, 4) is 0 Å². The molecular formula is C9H16N2. The predicted molar refractivity (Wildman–Crippen MR) is 49.2 cm³/mol. The van der Waals surface area contributed by atoms with Gasteiger partial charge in [-0.3, -0.25) is 0 Å². The number of nitrogens with one attached hydrogen (secondary N) is 1. The minimum absolute atomic E-state index is 0.594. The average molecular weight is 152 g/mol. The molecular weight excluding hydrogens is 136 g/mol. The molecule has 0 fully saturated rings. The van der Waals surface area contributed by atoms with Crippen molar-refractivity contribution in [3.05, 3.63) is 36.4 Å². The van der Waals surface area contributed by atoms with Crippen LogP contribution in [-0.2, 0) is 0 Å². The first-order valence-electron chi connectivity index (χ1n) is 3.82.